The quantitative estimate of drug-likeness (QED) is 0.779. The number of nitrogens with zero attached hydrogens (tertiary/aromatic N) is 2. The van der Waals surface area contributed by atoms with Crippen molar-refractivity contribution in [3.63, 3.8) is 0 Å². The largest absolute Gasteiger partial charge is 0.345 e. The van der Waals surface area contributed by atoms with Crippen molar-refractivity contribution < 1.29 is 0 Å². The lowest BCUT2D eigenvalue weighted by Crippen LogP contribution is -2.25. The van der Waals surface area contributed by atoms with Crippen LogP contribution in [-0.2, 0) is 0 Å². The molecule has 1 aromatic heterocycles. The van der Waals surface area contributed by atoms with Crippen molar-refractivity contribution in [2.24, 2.45) is 0 Å². The number of terminal acetylenes is 1. The molecule has 0 saturated carbocycles. The molecule has 0 aliphatic rings. The van der Waals surface area contributed by atoms with E-state index in [0.29, 0.717) is 6.54 Å². The highest BCUT2D eigenvalue weighted by Gasteiger charge is 2.09. The summed E-state index contributed by atoms with van der Waals surface area (Å²) in [5.74, 6) is 3.59. The normalized spacial score (nSPS) is 9.73. The fourth-order valence-electron chi connectivity index (χ4n) is 1.40. The zero-order valence-corrected chi connectivity index (χ0v) is 10.7. The number of aryl methyl sites for hydroxylation is 1. The van der Waals surface area contributed by atoms with Crippen LogP contribution in [-0.4, -0.2) is 18.1 Å². The van der Waals surface area contributed by atoms with Crippen molar-refractivity contribution >= 4 is 21.7 Å². The minimum atomic E-state index is 0.600. The Labute approximate surface area is 99.8 Å². The summed E-state index contributed by atoms with van der Waals surface area (Å²) in [7, 11) is 0. The Kier molecular flexibility index (Phi) is 4.64. The zero-order valence-electron chi connectivity index (χ0n) is 9.13. The molecule has 0 unspecified atom stereocenters. The van der Waals surface area contributed by atoms with Gasteiger partial charge in [0.15, 0.2) is 0 Å². The van der Waals surface area contributed by atoms with Crippen LogP contribution in [0.25, 0.3) is 0 Å². The second-order valence-corrected chi connectivity index (χ2v) is 4.30. The smallest absolute Gasteiger partial charge is 0.143 e. The van der Waals surface area contributed by atoms with Gasteiger partial charge >= 0.3 is 0 Å². The maximum absolute atomic E-state index is 5.34. The molecule has 0 atom stereocenters. The predicted molar refractivity (Wildman–Crippen MR) is 68.0 cm³/mol. The first-order valence-electron chi connectivity index (χ1n) is 4.99. The summed E-state index contributed by atoms with van der Waals surface area (Å²) in [6, 6.07) is 2.06. The monoisotopic (exact) mass is 266 g/mol. The number of aromatic nitrogens is 1. The molecule has 0 aliphatic heterocycles. The van der Waals surface area contributed by atoms with E-state index in [1.165, 1.54) is 0 Å². The summed E-state index contributed by atoms with van der Waals surface area (Å²) in [6.45, 7) is 5.68. The number of pyridine rings is 1. The Morgan fingerprint density at radius 1 is 1.60 bits per heavy atom. The van der Waals surface area contributed by atoms with Crippen molar-refractivity contribution in [1.29, 1.82) is 0 Å². The number of anilines is 1. The fraction of sp³-hybridized carbons (Fsp3) is 0.417. The van der Waals surface area contributed by atoms with Gasteiger partial charge in [0.2, 0.25) is 0 Å². The van der Waals surface area contributed by atoms with Gasteiger partial charge in [-0.15, -0.1) is 6.42 Å². The van der Waals surface area contributed by atoms with Gasteiger partial charge in [0, 0.05) is 12.7 Å². The molecule has 0 radical (unpaired) electrons. The van der Waals surface area contributed by atoms with Crippen LogP contribution in [0.2, 0.25) is 0 Å². The Morgan fingerprint density at radius 3 is 2.87 bits per heavy atom. The molecule has 0 aliphatic carbocycles. The van der Waals surface area contributed by atoms with Crippen LogP contribution in [0.3, 0.4) is 0 Å². The zero-order chi connectivity index (χ0) is 11.3. The van der Waals surface area contributed by atoms with E-state index in [2.05, 4.69) is 44.7 Å². The summed E-state index contributed by atoms with van der Waals surface area (Å²) < 4.78 is 1.01. The molecule has 0 saturated heterocycles. The van der Waals surface area contributed by atoms with E-state index in [1.54, 1.807) is 0 Å². The Morgan fingerprint density at radius 2 is 2.33 bits per heavy atom. The molecule has 3 heteroatoms. The lowest BCUT2D eigenvalue weighted by Gasteiger charge is -2.21. The maximum Gasteiger partial charge on any atom is 0.143 e. The average Bonchev–Trinajstić information content (AvgIpc) is 2.17. The minimum absolute atomic E-state index is 0.600. The van der Waals surface area contributed by atoms with Gasteiger partial charge in [-0.2, -0.15) is 0 Å². The third-order valence-electron chi connectivity index (χ3n) is 2.03. The standard InChI is InChI=1S/C12H15BrN2/c1-4-6-15(7-5-2)12-11(13)8-10(3)9-14-12/h1,8-9H,5-7H2,2-3H3. The summed E-state index contributed by atoms with van der Waals surface area (Å²) in [6.07, 6.45) is 8.26. The van der Waals surface area contributed by atoms with Crippen LogP contribution in [0.5, 0.6) is 0 Å². The summed E-state index contributed by atoms with van der Waals surface area (Å²) in [4.78, 5) is 6.50. The SMILES string of the molecule is C#CCN(CCC)c1ncc(C)cc1Br. The van der Waals surface area contributed by atoms with Gasteiger partial charge in [-0.1, -0.05) is 12.8 Å². The Hall–Kier alpha value is -1.01. The molecule has 2 nitrogen and oxygen atoms in total. The van der Waals surface area contributed by atoms with E-state index >= 15 is 0 Å². The molecule has 1 rings (SSSR count). The van der Waals surface area contributed by atoms with Crippen LogP contribution in [0.1, 0.15) is 18.9 Å². The van der Waals surface area contributed by atoms with Crippen molar-refractivity contribution in [3.8, 4) is 12.3 Å². The van der Waals surface area contributed by atoms with Crippen LogP contribution in [0.4, 0.5) is 5.82 Å². The lowest BCUT2D eigenvalue weighted by molar-refractivity contribution is 0.806. The maximum atomic E-state index is 5.34. The number of hydrogen-bond donors (Lipinski definition) is 0. The van der Waals surface area contributed by atoms with Gasteiger partial charge < -0.3 is 4.90 Å². The van der Waals surface area contributed by atoms with Crippen LogP contribution < -0.4 is 4.90 Å². The highest BCUT2D eigenvalue weighted by molar-refractivity contribution is 9.10. The number of halogens is 1. The van der Waals surface area contributed by atoms with Gasteiger partial charge in [-0.25, -0.2) is 4.98 Å². The van der Waals surface area contributed by atoms with E-state index in [0.717, 1.165) is 28.8 Å². The minimum Gasteiger partial charge on any atom is -0.345 e. The molecule has 0 amide bonds. The number of hydrogen-bond acceptors (Lipinski definition) is 2. The third-order valence-corrected chi connectivity index (χ3v) is 2.62. The van der Waals surface area contributed by atoms with E-state index in [4.69, 9.17) is 6.42 Å². The fourth-order valence-corrected chi connectivity index (χ4v) is 2.11. The molecule has 80 valence electrons. The van der Waals surface area contributed by atoms with E-state index in [-0.39, 0.29) is 0 Å². The van der Waals surface area contributed by atoms with Gasteiger partial charge in [-0.3, -0.25) is 0 Å². The summed E-state index contributed by atoms with van der Waals surface area (Å²) >= 11 is 3.51. The first-order valence-corrected chi connectivity index (χ1v) is 5.79. The summed E-state index contributed by atoms with van der Waals surface area (Å²) in [5, 5.41) is 0. The number of rotatable bonds is 4. The third kappa shape index (κ3) is 3.24. The van der Waals surface area contributed by atoms with Gasteiger partial charge in [0.05, 0.1) is 11.0 Å². The second-order valence-electron chi connectivity index (χ2n) is 3.44. The highest BCUT2D eigenvalue weighted by atomic mass is 79.9. The molecule has 15 heavy (non-hydrogen) atoms. The van der Waals surface area contributed by atoms with E-state index < -0.39 is 0 Å². The van der Waals surface area contributed by atoms with Crippen LogP contribution in [0.15, 0.2) is 16.7 Å². The van der Waals surface area contributed by atoms with Crippen LogP contribution >= 0.6 is 15.9 Å². The van der Waals surface area contributed by atoms with E-state index in [9.17, 15) is 0 Å². The van der Waals surface area contributed by atoms with Gasteiger partial charge in [-0.05, 0) is 40.9 Å². The molecule has 1 heterocycles. The molecule has 0 spiro atoms. The average molecular weight is 267 g/mol. The summed E-state index contributed by atoms with van der Waals surface area (Å²) in [5.41, 5.74) is 1.14. The molecule has 0 aromatic carbocycles. The van der Waals surface area contributed by atoms with Crippen molar-refractivity contribution in [2.45, 2.75) is 20.3 Å². The van der Waals surface area contributed by atoms with E-state index in [1.807, 2.05) is 13.1 Å². The van der Waals surface area contributed by atoms with Crippen molar-refractivity contribution in [2.75, 3.05) is 18.0 Å². The predicted octanol–water partition coefficient (Wildman–Crippen LogP) is 3.00. The Bertz CT molecular complexity index is 368. The van der Waals surface area contributed by atoms with Crippen LogP contribution in [0, 0.1) is 19.3 Å². The van der Waals surface area contributed by atoms with Gasteiger partial charge in [0.25, 0.3) is 0 Å². The highest BCUT2D eigenvalue weighted by Crippen LogP contribution is 2.24. The molecular formula is C12H15BrN2. The van der Waals surface area contributed by atoms with Crippen molar-refractivity contribution in [1.82, 2.24) is 4.98 Å². The lowest BCUT2D eigenvalue weighted by atomic mass is 10.3. The molecule has 0 N–H and O–H groups in total. The second kappa shape index (κ2) is 5.77. The molecule has 0 fully saturated rings. The Balaban J connectivity index is 2.95. The first-order chi connectivity index (χ1) is 7.19. The topological polar surface area (TPSA) is 16.1 Å². The van der Waals surface area contributed by atoms with Crippen molar-refractivity contribution in [3.05, 3.63) is 22.3 Å². The molecule has 1 aromatic rings. The van der Waals surface area contributed by atoms with Gasteiger partial charge in [0.1, 0.15) is 5.82 Å². The molecule has 0 bridgehead atoms. The molecular weight excluding hydrogens is 252 g/mol. The first kappa shape index (κ1) is 12.1.